The third kappa shape index (κ3) is 4.76. The number of carbonyl (C=O) groups is 1. The van der Waals surface area contributed by atoms with Gasteiger partial charge < -0.3 is 14.7 Å². The van der Waals surface area contributed by atoms with Gasteiger partial charge in [-0.25, -0.2) is 0 Å². The summed E-state index contributed by atoms with van der Waals surface area (Å²) in [6.45, 7) is 4.46. The number of hydrogen-bond donors (Lipinski definition) is 1. The Balaban J connectivity index is 0.00000192. The number of amides is 1. The van der Waals surface area contributed by atoms with Crippen molar-refractivity contribution in [3.8, 4) is 10.7 Å². The first kappa shape index (κ1) is 18.4. The van der Waals surface area contributed by atoms with Crippen molar-refractivity contribution < 1.29 is 9.32 Å². The first-order valence-electron chi connectivity index (χ1n) is 7.20. The summed E-state index contributed by atoms with van der Waals surface area (Å²) >= 11 is 4.95. The predicted molar refractivity (Wildman–Crippen MR) is 94.9 cm³/mol. The number of halogens is 2. The Labute approximate surface area is 153 Å². The molecule has 0 saturated carbocycles. The predicted octanol–water partition coefficient (Wildman–Crippen LogP) is 2.74. The lowest BCUT2D eigenvalue weighted by Gasteiger charge is -2.31. The van der Waals surface area contributed by atoms with Gasteiger partial charge in [0.1, 0.15) is 0 Å². The van der Waals surface area contributed by atoms with E-state index in [1.807, 2.05) is 16.3 Å². The first-order chi connectivity index (χ1) is 10.6. The molecule has 3 rings (SSSR count). The maximum absolute atomic E-state index is 12.2. The largest absolute Gasteiger partial charge is 0.340 e. The van der Waals surface area contributed by atoms with Gasteiger partial charge in [0, 0.05) is 48.4 Å². The SMILES string of the molecule is CC1CN(C(=O)CCc2nc(-c3cc(Br)cs3)no2)CCN1.Cl. The van der Waals surface area contributed by atoms with E-state index in [2.05, 4.69) is 38.3 Å². The zero-order valence-corrected chi connectivity index (χ0v) is 15.8. The van der Waals surface area contributed by atoms with Gasteiger partial charge in [-0.05, 0) is 28.9 Å². The van der Waals surface area contributed by atoms with Crippen molar-refractivity contribution >= 4 is 45.6 Å². The average Bonchev–Trinajstić information content (AvgIpc) is 3.13. The maximum Gasteiger partial charge on any atom is 0.227 e. The average molecular weight is 422 g/mol. The second-order valence-electron chi connectivity index (χ2n) is 5.34. The first-order valence-corrected chi connectivity index (χ1v) is 8.87. The van der Waals surface area contributed by atoms with Gasteiger partial charge in [0.15, 0.2) is 0 Å². The van der Waals surface area contributed by atoms with Crippen molar-refractivity contribution in [1.29, 1.82) is 0 Å². The van der Waals surface area contributed by atoms with Gasteiger partial charge >= 0.3 is 0 Å². The van der Waals surface area contributed by atoms with Gasteiger partial charge in [-0.3, -0.25) is 4.79 Å². The number of carbonyl (C=O) groups excluding carboxylic acids is 1. The Bertz CT molecular complexity index is 663. The Morgan fingerprint density at radius 1 is 1.61 bits per heavy atom. The fraction of sp³-hybridized carbons (Fsp3) is 0.500. The standard InChI is InChI=1S/C14H17BrN4O2S.ClH/c1-9-7-19(5-4-16-9)13(20)3-2-12-17-14(18-21-12)11-6-10(15)8-22-11;/h6,8-9,16H,2-5,7H2,1H3;1H. The Hall–Kier alpha value is -0.960. The topological polar surface area (TPSA) is 71.3 Å². The molecule has 0 spiro atoms. The molecule has 1 saturated heterocycles. The van der Waals surface area contributed by atoms with Gasteiger partial charge in [-0.2, -0.15) is 4.98 Å². The third-order valence-electron chi connectivity index (χ3n) is 3.53. The second kappa shape index (κ2) is 8.23. The quantitative estimate of drug-likeness (QED) is 0.822. The molecule has 1 amide bonds. The molecule has 1 aliphatic rings. The second-order valence-corrected chi connectivity index (χ2v) is 7.16. The normalized spacial score (nSPS) is 17.8. The Kier molecular flexibility index (Phi) is 6.58. The zero-order chi connectivity index (χ0) is 15.5. The van der Waals surface area contributed by atoms with E-state index in [4.69, 9.17) is 4.52 Å². The van der Waals surface area contributed by atoms with Crippen molar-refractivity contribution in [1.82, 2.24) is 20.4 Å². The number of aromatic nitrogens is 2. The lowest BCUT2D eigenvalue weighted by molar-refractivity contribution is -0.132. The van der Waals surface area contributed by atoms with E-state index < -0.39 is 0 Å². The van der Waals surface area contributed by atoms with Crippen molar-refractivity contribution in [3.05, 3.63) is 21.8 Å². The summed E-state index contributed by atoms with van der Waals surface area (Å²) in [5.41, 5.74) is 0. The van der Waals surface area contributed by atoms with Crippen LogP contribution in [0.15, 0.2) is 20.4 Å². The zero-order valence-electron chi connectivity index (χ0n) is 12.6. The molecule has 1 N–H and O–H groups in total. The number of nitrogens with zero attached hydrogens (tertiary/aromatic N) is 3. The lowest BCUT2D eigenvalue weighted by Crippen LogP contribution is -2.51. The highest BCUT2D eigenvalue weighted by Gasteiger charge is 2.21. The van der Waals surface area contributed by atoms with Crippen LogP contribution in [0.25, 0.3) is 10.7 Å². The molecule has 0 bridgehead atoms. The van der Waals surface area contributed by atoms with E-state index in [1.165, 1.54) is 0 Å². The van der Waals surface area contributed by atoms with Crippen LogP contribution in [-0.4, -0.2) is 46.6 Å². The molecule has 1 unspecified atom stereocenters. The Morgan fingerprint density at radius 3 is 3.13 bits per heavy atom. The minimum Gasteiger partial charge on any atom is -0.340 e. The summed E-state index contributed by atoms with van der Waals surface area (Å²) in [6, 6.07) is 2.30. The van der Waals surface area contributed by atoms with E-state index >= 15 is 0 Å². The number of piperazine rings is 1. The molecule has 9 heteroatoms. The van der Waals surface area contributed by atoms with Crippen molar-refractivity contribution in [2.24, 2.45) is 0 Å². The molecule has 126 valence electrons. The highest BCUT2D eigenvalue weighted by atomic mass is 79.9. The minimum absolute atomic E-state index is 0. The highest BCUT2D eigenvalue weighted by molar-refractivity contribution is 9.10. The molecule has 6 nitrogen and oxygen atoms in total. The molecule has 3 heterocycles. The number of rotatable bonds is 4. The molecule has 0 radical (unpaired) electrons. The molecule has 2 aromatic heterocycles. The molecular weight excluding hydrogens is 404 g/mol. The summed E-state index contributed by atoms with van der Waals surface area (Å²) in [4.78, 5) is 19.4. The maximum atomic E-state index is 12.2. The van der Waals surface area contributed by atoms with E-state index in [9.17, 15) is 4.79 Å². The molecule has 1 aliphatic heterocycles. The van der Waals surface area contributed by atoms with Gasteiger partial charge in [-0.1, -0.05) is 5.16 Å². The summed E-state index contributed by atoms with van der Waals surface area (Å²) in [5, 5.41) is 9.27. The molecule has 2 aromatic rings. The van der Waals surface area contributed by atoms with E-state index in [1.54, 1.807) is 11.3 Å². The number of hydrogen-bond acceptors (Lipinski definition) is 6. The molecule has 1 fully saturated rings. The van der Waals surface area contributed by atoms with Gasteiger partial charge in [0.05, 0.1) is 4.88 Å². The number of aryl methyl sites for hydroxylation is 1. The van der Waals surface area contributed by atoms with Crippen LogP contribution in [0.5, 0.6) is 0 Å². The number of nitrogens with one attached hydrogen (secondary N) is 1. The summed E-state index contributed by atoms with van der Waals surface area (Å²) < 4.78 is 6.24. The minimum atomic E-state index is 0. The van der Waals surface area contributed by atoms with E-state index in [0.29, 0.717) is 30.6 Å². The summed E-state index contributed by atoms with van der Waals surface area (Å²) in [5.74, 6) is 1.23. The Morgan fingerprint density at radius 2 is 2.43 bits per heavy atom. The third-order valence-corrected chi connectivity index (χ3v) is 5.22. The van der Waals surface area contributed by atoms with Crippen LogP contribution in [0, 0.1) is 0 Å². The molecule has 1 atom stereocenters. The van der Waals surface area contributed by atoms with Crippen molar-refractivity contribution in [2.75, 3.05) is 19.6 Å². The van der Waals surface area contributed by atoms with Crippen LogP contribution >= 0.6 is 39.7 Å². The van der Waals surface area contributed by atoms with Crippen LogP contribution < -0.4 is 5.32 Å². The summed E-state index contributed by atoms with van der Waals surface area (Å²) in [7, 11) is 0. The highest BCUT2D eigenvalue weighted by Crippen LogP contribution is 2.27. The summed E-state index contributed by atoms with van der Waals surface area (Å²) in [6.07, 6.45) is 0.888. The van der Waals surface area contributed by atoms with Crippen LogP contribution in [0.3, 0.4) is 0 Å². The molecule has 0 aliphatic carbocycles. The van der Waals surface area contributed by atoms with Crippen LogP contribution in [0.4, 0.5) is 0 Å². The van der Waals surface area contributed by atoms with Crippen LogP contribution in [0.1, 0.15) is 19.2 Å². The van der Waals surface area contributed by atoms with Gasteiger partial charge in [-0.15, -0.1) is 23.7 Å². The monoisotopic (exact) mass is 420 g/mol. The van der Waals surface area contributed by atoms with Crippen LogP contribution in [0.2, 0.25) is 0 Å². The molecular formula is C14H18BrClN4O2S. The lowest BCUT2D eigenvalue weighted by atomic mass is 10.2. The fourth-order valence-corrected chi connectivity index (χ4v) is 3.77. The molecule has 0 aromatic carbocycles. The van der Waals surface area contributed by atoms with Crippen molar-refractivity contribution in [2.45, 2.75) is 25.8 Å². The van der Waals surface area contributed by atoms with Gasteiger partial charge in [0.25, 0.3) is 0 Å². The smallest absolute Gasteiger partial charge is 0.227 e. The number of thiophene rings is 1. The van der Waals surface area contributed by atoms with E-state index in [0.717, 1.165) is 29.0 Å². The van der Waals surface area contributed by atoms with Crippen molar-refractivity contribution in [3.63, 3.8) is 0 Å². The molecule has 23 heavy (non-hydrogen) atoms. The fourth-order valence-electron chi connectivity index (χ4n) is 2.42. The van der Waals surface area contributed by atoms with E-state index in [-0.39, 0.29) is 18.3 Å². The van der Waals surface area contributed by atoms with Gasteiger partial charge in [0.2, 0.25) is 17.6 Å². The van der Waals surface area contributed by atoms with Crippen LogP contribution in [-0.2, 0) is 11.2 Å².